The van der Waals surface area contributed by atoms with Gasteiger partial charge in [0.15, 0.2) is 0 Å². The second kappa shape index (κ2) is 4.77. The molecule has 0 aliphatic carbocycles. The Hall–Kier alpha value is -1.58. The first-order valence-electron chi connectivity index (χ1n) is 5.01. The lowest BCUT2D eigenvalue weighted by atomic mass is 10.1. The van der Waals surface area contributed by atoms with E-state index in [9.17, 15) is 10.1 Å². The van der Waals surface area contributed by atoms with Crippen LogP contribution in [0.15, 0.2) is 24.3 Å². The number of nitrogens with one attached hydrogen (secondary N) is 1. The molecule has 0 spiro atoms. The summed E-state index contributed by atoms with van der Waals surface area (Å²) in [5.74, 6) is 0.528. The number of anilines is 1. The zero-order valence-corrected chi connectivity index (χ0v) is 9.23. The fourth-order valence-electron chi connectivity index (χ4n) is 1.11. The first kappa shape index (κ1) is 11.5. The van der Waals surface area contributed by atoms with Crippen LogP contribution in [-0.2, 0) is 0 Å². The summed E-state index contributed by atoms with van der Waals surface area (Å²) in [5.41, 5.74) is 1.04. The minimum Gasteiger partial charge on any atom is -0.382 e. The maximum Gasteiger partial charge on any atom is 0.269 e. The fourth-order valence-corrected chi connectivity index (χ4v) is 1.11. The molecule has 0 radical (unpaired) electrons. The number of nitro benzene ring substituents is 1. The van der Waals surface area contributed by atoms with Gasteiger partial charge in [-0.15, -0.1) is 0 Å². The highest BCUT2D eigenvalue weighted by molar-refractivity contribution is 5.49. The summed E-state index contributed by atoms with van der Waals surface area (Å²) in [4.78, 5) is 10.0. The van der Waals surface area contributed by atoms with Crippen molar-refractivity contribution < 1.29 is 4.92 Å². The van der Waals surface area contributed by atoms with Gasteiger partial charge in [0.25, 0.3) is 5.69 Å². The van der Waals surface area contributed by atoms with Crippen molar-refractivity contribution in [3.63, 3.8) is 0 Å². The Balaban J connectivity index is 2.68. The summed E-state index contributed by atoms with van der Waals surface area (Å²) in [6.07, 6.45) is 0. The molecule has 4 nitrogen and oxygen atoms in total. The van der Waals surface area contributed by atoms with Gasteiger partial charge in [-0.3, -0.25) is 10.1 Å². The molecule has 0 aliphatic heterocycles. The Morgan fingerprint density at radius 3 is 2.13 bits per heavy atom. The topological polar surface area (TPSA) is 55.2 Å². The standard InChI is InChI=1S/C11H16N2O2/c1-8(2)9(3)12-10-4-6-11(7-5-10)13(14)15/h4-9,12H,1-3H3/t9-/m1/s1. The van der Waals surface area contributed by atoms with Crippen LogP contribution in [0.4, 0.5) is 11.4 Å². The Kier molecular flexibility index (Phi) is 3.66. The summed E-state index contributed by atoms with van der Waals surface area (Å²) in [6, 6.07) is 6.84. The molecule has 1 rings (SSSR count). The predicted molar refractivity (Wildman–Crippen MR) is 61.0 cm³/mol. The van der Waals surface area contributed by atoms with Crippen molar-refractivity contribution in [1.29, 1.82) is 0 Å². The molecule has 1 aromatic rings. The molecule has 0 aromatic heterocycles. The van der Waals surface area contributed by atoms with Crippen LogP contribution in [0.2, 0.25) is 0 Å². The number of non-ortho nitro benzene ring substituents is 1. The third-order valence-corrected chi connectivity index (χ3v) is 2.47. The normalized spacial score (nSPS) is 12.5. The smallest absolute Gasteiger partial charge is 0.269 e. The average Bonchev–Trinajstić information content (AvgIpc) is 2.18. The number of rotatable bonds is 4. The summed E-state index contributed by atoms with van der Waals surface area (Å²) in [7, 11) is 0. The number of nitrogens with zero attached hydrogens (tertiary/aromatic N) is 1. The number of hydrogen-bond acceptors (Lipinski definition) is 3. The van der Waals surface area contributed by atoms with Crippen LogP contribution in [0.1, 0.15) is 20.8 Å². The second-order valence-electron chi connectivity index (χ2n) is 3.98. The van der Waals surface area contributed by atoms with E-state index in [1.807, 2.05) is 0 Å². The molecule has 0 saturated heterocycles. The highest BCUT2D eigenvalue weighted by Crippen LogP contribution is 2.17. The maximum absolute atomic E-state index is 10.4. The molecule has 0 aliphatic rings. The van der Waals surface area contributed by atoms with E-state index < -0.39 is 4.92 Å². The van der Waals surface area contributed by atoms with E-state index in [0.717, 1.165) is 5.69 Å². The van der Waals surface area contributed by atoms with Gasteiger partial charge in [0.1, 0.15) is 0 Å². The summed E-state index contributed by atoms with van der Waals surface area (Å²) in [6.45, 7) is 6.35. The van der Waals surface area contributed by atoms with Crippen LogP contribution in [-0.4, -0.2) is 11.0 Å². The average molecular weight is 208 g/mol. The van der Waals surface area contributed by atoms with E-state index in [4.69, 9.17) is 0 Å². The second-order valence-corrected chi connectivity index (χ2v) is 3.98. The van der Waals surface area contributed by atoms with Crippen LogP contribution < -0.4 is 5.32 Å². The molecule has 1 aromatic carbocycles. The van der Waals surface area contributed by atoms with E-state index >= 15 is 0 Å². The van der Waals surface area contributed by atoms with Crippen molar-refractivity contribution >= 4 is 11.4 Å². The lowest BCUT2D eigenvalue weighted by Crippen LogP contribution is -2.21. The third kappa shape index (κ3) is 3.23. The van der Waals surface area contributed by atoms with Gasteiger partial charge in [-0.1, -0.05) is 13.8 Å². The molecule has 1 atom stereocenters. The fraction of sp³-hybridized carbons (Fsp3) is 0.455. The van der Waals surface area contributed by atoms with Crippen LogP contribution in [0.5, 0.6) is 0 Å². The molecule has 0 unspecified atom stereocenters. The molecular weight excluding hydrogens is 192 g/mol. The number of nitro groups is 1. The van der Waals surface area contributed by atoms with Crippen molar-refractivity contribution in [1.82, 2.24) is 0 Å². The minimum atomic E-state index is -0.393. The third-order valence-electron chi connectivity index (χ3n) is 2.47. The summed E-state index contributed by atoms with van der Waals surface area (Å²) < 4.78 is 0. The molecule has 0 saturated carbocycles. The van der Waals surface area contributed by atoms with Gasteiger partial charge >= 0.3 is 0 Å². The van der Waals surface area contributed by atoms with E-state index in [-0.39, 0.29) is 5.69 Å². The van der Waals surface area contributed by atoms with Crippen LogP contribution >= 0.6 is 0 Å². The molecule has 0 bridgehead atoms. The monoisotopic (exact) mass is 208 g/mol. The molecule has 4 heteroatoms. The van der Waals surface area contributed by atoms with E-state index in [0.29, 0.717) is 12.0 Å². The SMILES string of the molecule is CC(C)[C@@H](C)Nc1ccc([N+](=O)[O-])cc1. The van der Waals surface area contributed by atoms with Crippen LogP contribution in [0, 0.1) is 16.0 Å². The van der Waals surface area contributed by atoms with Gasteiger partial charge in [-0.2, -0.15) is 0 Å². The largest absolute Gasteiger partial charge is 0.382 e. The van der Waals surface area contributed by atoms with Gasteiger partial charge < -0.3 is 5.32 Å². The lowest BCUT2D eigenvalue weighted by molar-refractivity contribution is -0.384. The van der Waals surface area contributed by atoms with Gasteiger partial charge in [-0.25, -0.2) is 0 Å². The van der Waals surface area contributed by atoms with Crippen molar-refractivity contribution in [2.24, 2.45) is 5.92 Å². The zero-order valence-electron chi connectivity index (χ0n) is 9.23. The minimum absolute atomic E-state index is 0.123. The van der Waals surface area contributed by atoms with E-state index in [1.54, 1.807) is 12.1 Å². The highest BCUT2D eigenvalue weighted by atomic mass is 16.6. The molecule has 82 valence electrons. The van der Waals surface area contributed by atoms with E-state index in [2.05, 4.69) is 26.1 Å². The Morgan fingerprint density at radius 1 is 1.20 bits per heavy atom. The highest BCUT2D eigenvalue weighted by Gasteiger charge is 2.08. The summed E-state index contributed by atoms with van der Waals surface area (Å²) >= 11 is 0. The molecule has 0 fully saturated rings. The summed E-state index contributed by atoms with van der Waals surface area (Å²) in [5, 5.41) is 13.7. The van der Waals surface area contributed by atoms with Crippen LogP contribution in [0.25, 0.3) is 0 Å². The quantitative estimate of drug-likeness (QED) is 0.611. The van der Waals surface area contributed by atoms with Gasteiger partial charge in [0, 0.05) is 23.9 Å². The Labute approximate surface area is 89.5 Å². The van der Waals surface area contributed by atoms with Crippen LogP contribution in [0.3, 0.4) is 0 Å². The van der Waals surface area contributed by atoms with Gasteiger partial charge in [0.05, 0.1) is 4.92 Å². The van der Waals surface area contributed by atoms with Gasteiger partial charge in [-0.05, 0) is 25.0 Å². The molecule has 1 N–H and O–H groups in total. The van der Waals surface area contributed by atoms with Crippen molar-refractivity contribution in [3.05, 3.63) is 34.4 Å². The Morgan fingerprint density at radius 2 is 1.73 bits per heavy atom. The van der Waals surface area contributed by atoms with Crippen molar-refractivity contribution in [2.45, 2.75) is 26.8 Å². The predicted octanol–water partition coefficient (Wildman–Crippen LogP) is 3.05. The number of hydrogen-bond donors (Lipinski definition) is 1. The van der Waals surface area contributed by atoms with Crippen molar-refractivity contribution in [3.8, 4) is 0 Å². The lowest BCUT2D eigenvalue weighted by Gasteiger charge is -2.18. The van der Waals surface area contributed by atoms with Gasteiger partial charge in [0.2, 0.25) is 0 Å². The first-order valence-corrected chi connectivity index (χ1v) is 5.01. The molecule has 0 amide bonds. The molecule has 15 heavy (non-hydrogen) atoms. The Bertz CT molecular complexity index is 333. The maximum atomic E-state index is 10.4. The first-order chi connectivity index (χ1) is 7.00. The van der Waals surface area contributed by atoms with Crippen molar-refractivity contribution in [2.75, 3.05) is 5.32 Å². The molecule has 0 heterocycles. The zero-order chi connectivity index (χ0) is 11.4. The number of benzene rings is 1. The van der Waals surface area contributed by atoms with E-state index in [1.165, 1.54) is 12.1 Å². The molecular formula is C11H16N2O2.